The molecule has 0 radical (unpaired) electrons. The molecule has 0 aliphatic carbocycles. The Labute approximate surface area is 138 Å². The molecule has 0 heterocycles. The van der Waals surface area contributed by atoms with Crippen LogP contribution in [0.5, 0.6) is 0 Å². The van der Waals surface area contributed by atoms with E-state index in [1.165, 1.54) is 17.8 Å². The summed E-state index contributed by atoms with van der Waals surface area (Å²) in [4.78, 5) is 14.2. The Hall–Kier alpha value is -1.76. The summed E-state index contributed by atoms with van der Waals surface area (Å²) in [5, 5.41) is 11.6. The van der Waals surface area contributed by atoms with Crippen molar-refractivity contribution >= 4 is 34.7 Å². The second kappa shape index (κ2) is 7.00. The van der Waals surface area contributed by atoms with E-state index in [2.05, 4.69) is 0 Å². The molecule has 22 heavy (non-hydrogen) atoms. The van der Waals surface area contributed by atoms with E-state index < -0.39 is 0 Å². The van der Waals surface area contributed by atoms with Gasteiger partial charge in [0.25, 0.3) is 5.69 Å². The highest BCUT2D eigenvalue weighted by Gasteiger charge is 2.16. The van der Waals surface area contributed by atoms with Crippen LogP contribution < -0.4 is 5.73 Å². The molecule has 0 amide bonds. The molecule has 0 aromatic heterocycles. The molecule has 0 fully saturated rings. The number of nitrogen functional groups attached to an aromatic ring is 1. The zero-order valence-corrected chi connectivity index (χ0v) is 13.8. The molecule has 116 valence electrons. The molecule has 0 atom stereocenters. The highest BCUT2D eigenvalue weighted by Crippen LogP contribution is 2.39. The van der Waals surface area contributed by atoms with Crippen molar-refractivity contribution < 1.29 is 4.92 Å². The highest BCUT2D eigenvalue weighted by molar-refractivity contribution is 7.99. The second-order valence-corrected chi connectivity index (χ2v) is 6.54. The predicted molar refractivity (Wildman–Crippen MR) is 90.5 cm³/mol. The van der Waals surface area contributed by atoms with Gasteiger partial charge in [0, 0.05) is 17.5 Å². The average Bonchev–Trinajstić information content (AvgIpc) is 2.44. The first kappa shape index (κ1) is 16.6. The van der Waals surface area contributed by atoms with Crippen molar-refractivity contribution in [2.45, 2.75) is 16.3 Å². The van der Waals surface area contributed by atoms with Crippen molar-refractivity contribution in [1.29, 1.82) is 0 Å². The van der Waals surface area contributed by atoms with Crippen LogP contribution in [-0.2, 0) is 6.54 Å². The maximum atomic E-state index is 11.1. The smallest absolute Gasteiger partial charge is 0.283 e. The van der Waals surface area contributed by atoms with Gasteiger partial charge in [-0.3, -0.25) is 10.1 Å². The molecule has 2 N–H and O–H groups in total. The van der Waals surface area contributed by atoms with E-state index in [0.717, 1.165) is 10.5 Å². The summed E-state index contributed by atoms with van der Waals surface area (Å²) >= 11 is 7.43. The fraction of sp³-hybridized carbons (Fsp3) is 0.200. The lowest BCUT2D eigenvalue weighted by atomic mass is 10.2. The van der Waals surface area contributed by atoms with Crippen molar-refractivity contribution in [3.05, 3.63) is 57.1 Å². The summed E-state index contributed by atoms with van der Waals surface area (Å²) in [6, 6.07) is 10.2. The molecule has 2 aromatic carbocycles. The fourth-order valence-electron chi connectivity index (χ4n) is 1.99. The number of nitro benzene ring substituents is 1. The largest absolute Gasteiger partial charge is 0.398 e. The minimum Gasteiger partial charge on any atom is -0.398 e. The molecule has 0 saturated heterocycles. The Morgan fingerprint density at radius 3 is 2.59 bits per heavy atom. The quantitative estimate of drug-likeness (QED) is 0.506. The van der Waals surface area contributed by atoms with E-state index in [-0.39, 0.29) is 10.6 Å². The fourth-order valence-corrected chi connectivity index (χ4v) is 3.28. The first-order valence-corrected chi connectivity index (χ1v) is 7.72. The zero-order chi connectivity index (χ0) is 16.3. The summed E-state index contributed by atoms with van der Waals surface area (Å²) < 4.78 is 0. The molecule has 2 rings (SSSR count). The van der Waals surface area contributed by atoms with Gasteiger partial charge < -0.3 is 10.6 Å². The third-order valence-electron chi connectivity index (χ3n) is 2.95. The number of nitrogens with zero attached hydrogens (tertiary/aromatic N) is 2. The van der Waals surface area contributed by atoms with Crippen molar-refractivity contribution in [2.24, 2.45) is 0 Å². The first-order chi connectivity index (χ1) is 10.4. The standard InChI is InChI=1S/C15H16ClN3O2S/c1-18(2)9-10-7-12(17)11(16)8-15(10)22-14-6-4-3-5-13(14)19(20)21/h3-8H,9,17H2,1-2H3. The van der Waals surface area contributed by atoms with E-state index in [1.54, 1.807) is 24.3 Å². The first-order valence-electron chi connectivity index (χ1n) is 6.52. The van der Waals surface area contributed by atoms with Crippen LogP contribution in [0.3, 0.4) is 0 Å². The molecule has 0 saturated carbocycles. The molecule has 0 unspecified atom stereocenters. The van der Waals surface area contributed by atoms with Crippen LogP contribution in [0, 0.1) is 10.1 Å². The van der Waals surface area contributed by atoms with Crippen molar-refractivity contribution in [3.8, 4) is 0 Å². The molecule has 0 aliphatic heterocycles. The Kier molecular flexibility index (Phi) is 5.28. The monoisotopic (exact) mass is 337 g/mol. The van der Waals surface area contributed by atoms with Crippen molar-refractivity contribution in [3.63, 3.8) is 0 Å². The van der Waals surface area contributed by atoms with Gasteiger partial charge in [0.15, 0.2) is 0 Å². The van der Waals surface area contributed by atoms with Gasteiger partial charge >= 0.3 is 0 Å². The molecular weight excluding hydrogens is 322 g/mol. The van der Waals surface area contributed by atoms with Crippen LogP contribution in [0.25, 0.3) is 0 Å². The van der Waals surface area contributed by atoms with Gasteiger partial charge in [0.2, 0.25) is 0 Å². The van der Waals surface area contributed by atoms with E-state index in [4.69, 9.17) is 17.3 Å². The SMILES string of the molecule is CN(C)Cc1cc(N)c(Cl)cc1Sc1ccccc1[N+](=O)[O-]. The lowest BCUT2D eigenvalue weighted by molar-refractivity contribution is -0.387. The number of nitrogens with two attached hydrogens (primary N) is 1. The van der Waals surface area contributed by atoms with E-state index in [1.807, 2.05) is 25.1 Å². The third kappa shape index (κ3) is 3.91. The molecule has 0 spiro atoms. The summed E-state index contributed by atoms with van der Waals surface area (Å²) in [7, 11) is 3.90. The normalized spacial score (nSPS) is 10.9. The van der Waals surface area contributed by atoms with Gasteiger partial charge in [0.1, 0.15) is 0 Å². The Morgan fingerprint density at radius 1 is 1.27 bits per heavy atom. The maximum absolute atomic E-state index is 11.1. The van der Waals surface area contributed by atoms with Crippen LogP contribution in [-0.4, -0.2) is 23.9 Å². The molecular formula is C15H16ClN3O2S. The Balaban J connectivity index is 2.45. The minimum absolute atomic E-state index is 0.0799. The van der Waals surface area contributed by atoms with Crippen LogP contribution in [0.4, 0.5) is 11.4 Å². The molecule has 2 aromatic rings. The lowest BCUT2D eigenvalue weighted by Crippen LogP contribution is -2.11. The van der Waals surface area contributed by atoms with Gasteiger partial charge in [-0.05, 0) is 37.9 Å². The maximum Gasteiger partial charge on any atom is 0.283 e. The number of anilines is 1. The highest BCUT2D eigenvalue weighted by atomic mass is 35.5. The second-order valence-electron chi connectivity index (χ2n) is 5.05. The summed E-state index contributed by atoms with van der Waals surface area (Å²) in [6.45, 7) is 0.671. The van der Waals surface area contributed by atoms with Crippen LogP contribution in [0.15, 0.2) is 46.2 Å². The van der Waals surface area contributed by atoms with Gasteiger partial charge in [-0.25, -0.2) is 0 Å². The number of para-hydroxylation sites is 1. The lowest BCUT2D eigenvalue weighted by Gasteiger charge is -2.15. The van der Waals surface area contributed by atoms with Gasteiger partial charge in [-0.1, -0.05) is 35.5 Å². The van der Waals surface area contributed by atoms with Crippen LogP contribution >= 0.6 is 23.4 Å². The number of rotatable bonds is 5. The minimum atomic E-state index is -0.382. The zero-order valence-electron chi connectivity index (χ0n) is 12.2. The Morgan fingerprint density at radius 2 is 1.95 bits per heavy atom. The van der Waals surface area contributed by atoms with Crippen molar-refractivity contribution in [1.82, 2.24) is 4.90 Å². The number of nitro groups is 1. The molecule has 7 heteroatoms. The van der Waals surface area contributed by atoms with E-state index >= 15 is 0 Å². The summed E-state index contributed by atoms with van der Waals surface area (Å²) in [5.74, 6) is 0. The van der Waals surface area contributed by atoms with Crippen LogP contribution in [0.2, 0.25) is 5.02 Å². The molecule has 0 bridgehead atoms. The van der Waals surface area contributed by atoms with Gasteiger partial charge in [-0.15, -0.1) is 0 Å². The van der Waals surface area contributed by atoms with E-state index in [9.17, 15) is 10.1 Å². The number of hydrogen-bond donors (Lipinski definition) is 1. The Bertz CT molecular complexity index is 707. The van der Waals surface area contributed by atoms with Gasteiger partial charge in [-0.2, -0.15) is 0 Å². The summed E-state index contributed by atoms with van der Waals surface area (Å²) in [6.07, 6.45) is 0. The topological polar surface area (TPSA) is 72.4 Å². The van der Waals surface area contributed by atoms with E-state index in [0.29, 0.717) is 22.2 Å². The average molecular weight is 338 g/mol. The predicted octanol–water partition coefficient (Wildman–Crippen LogP) is 4.04. The molecule has 0 aliphatic rings. The van der Waals surface area contributed by atoms with Crippen molar-refractivity contribution in [2.75, 3.05) is 19.8 Å². The third-order valence-corrected chi connectivity index (χ3v) is 4.44. The number of halogens is 1. The molecule has 5 nitrogen and oxygen atoms in total. The van der Waals surface area contributed by atoms with Gasteiger partial charge in [0.05, 0.1) is 20.5 Å². The number of hydrogen-bond acceptors (Lipinski definition) is 5. The summed E-state index contributed by atoms with van der Waals surface area (Å²) in [5.41, 5.74) is 7.44. The number of benzene rings is 2. The van der Waals surface area contributed by atoms with Crippen LogP contribution in [0.1, 0.15) is 5.56 Å².